The van der Waals surface area contributed by atoms with Crippen LogP contribution < -0.4 is 0 Å². The highest BCUT2D eigenvalue weighted by Gasteiger charge is 1.96. The largest absolute Gasteiger partial charge is 0.461 e. The van der Waals surface area contributed by atoms with Crippen molar-refractivity contribution >= 4 is 5.97 Å². The molecule has 0 saturated heterocycles. The van der Waals surface area contributed by atoms with Crippen molar-refractivity contribution in [1.29, 1.82) is 0 Å². The predicted octanol–water partition coefficient (Wildman–Crippen LogP) is 7.09. The van der Waals surface area contributed by atoms with Gasteiger partial charge in [-0.1, -0.05) is 47.4 Å². The minimum absolute atomic E-state index is 0.135. The highest BCUT2D eigenvalue weighted by Crippen LogP contribution is 2.13. The van der Waals surface area contributed by atoms with Crippen LogP contribution in [0.5, 0.6) is 0 Å². The third-order valence-electron chi connectivity index (χ3n) is 4.12. The Morgan fingerprint density at radius 1 is 0.720 bits per heavy atom. The SMILES string of the molecule is CCC(=O)OC/C=C(\C)CCC=C(C)CC/C=C(\C)CCC=C(C)C. The van der Waals surface area contributed by atoms with Gasteiger partial charge in [-0.05, 0) is 79.2 Å². The molecular weight excluding hydrogens is 308 g/mol. The Balaban J connectivity index is 3.99. The molecule has 0 radical (unpaired) electrons. The average Bonchev–Trinajstić information content (AvgIpc) is 2.54. The van der Waals surface area contributed by atoms with E-state index in [2.05, 4.69) is 52.8 Å². The number of carbonyl (C=O) groups is 1. The molecule has 0 aliphatic heterocycles. The maximum absolute atomic E-state index is 11.1. The average molecular weight is 347 g/mol. The van der Waals surface area contributed by atoms with Gasteiger partial charge in [0.2, 0.25) is 0 Å². The van der Waals surface area contributed by atoms with Gasteiger partial charge in [0.15, 0.2) is 0 Å². The van der Waals surface area contributed by atoms with E-state index in [9.17, 15) is 4.79 Å². The summed E-state index contributed by atoms with van der Waals surface area (Å²) in [6, 6.07) is 0. The Kier molecular flexibility index (Phi) is 13.8. The standard InChI is InChI=1S/C23H38O2/c1-7-23(24)25-18-17-22(6)16-10-15-21(5)14-9-13-20(4)12-8-11-19(2)3/h11,13,15,17H,7-10,12,14,16,18H2,1-6H3/b20-13+,21-15?,22-17+. The molecular formula is C23H38O2. The van der Waals surface area contributed by atoms with Crippen molar-refractivity contribution in [3.05, 3.63) is 46.6 Å². The van der Waals surface area contributed by atoms with Crippen molar-refractivity contribution in [2.75, 3.05) is 6.61 Å². The molecule has 0 atom stereocenters. The molecule has 0 fully saturated rings. The zero-order valence-corrected chi connectivity index (χ0v) is 17.3. The first-order valence-corrected chi connectivity index (χ1v) is 9.61. The minimum Gasteiger partial charge on any atom is -0.461 e. The molecule has 0 spiro atoms. The first kappa shape index (κ1) is 23.4. The Hall–Kier alpha value is -1.57. The molecule has 0 aromatic rings. The number of allylic oxidation sites excluding steroid dienone is 7. The monoisotopic (exact) mass is 346 g/mol. The Labute approximate surface area is 155 Å². The molecule has 0 amide bonds. The summed E-state index contributed by atoms with van der Waals surface area (Å²) in [5.74, 6) is -0.135. The lowest BCUT2D eigenvalue weighted by Crippen LogP contribution is -2.02. The van der Waals surface area contributed by atoms with E-state index in [1.807, 2.05) is 13.0 Å². The number of hydrogen-bond donors (Lipinski definition) is 0. The number of ether oxygens (including phenoxy) is 1. The van der Waals surface area contributed by atoms with Gasteiger partial charge in [-0.15, -0.1) is 0 Å². The van der Waals surface area contributed by atoms with Crippen LogP contribution in [-0.2, 0) is 9.53 Å². The van der Waals surface area contributed by atoms with Crippen LogP contribution in [0.2, 0.25) is 0 Å². The first-order chi connectivity index (χ1) is 11.8. The second-order valence-electron chi connectivity index (χ2n) is 7.09. The molecule has 142 valence electrons. The summed E-state index contributed by atoms with van der Waals surface area (Å²) in [5.41, 5.74) is 5.63. The van der Waals surface area contributed by atoms with Crippen LogP contribution in [0.4, 0.5) is 0 Å². The van der Waals surface area contributed by atoms with Crippen molar-refractivity contribution in [3.63, 3.8) is 0 Å². The van der Waals surface area contributed by atoms with Gasteiger partial charge in [-0.2, -0.15) is 0 Å². The van der Waals surface area contributed by atoms with Crippen LogP contribution in [-0.4, -0.2) is 12.6 Å². The number of esters is 1. The second kappa shape index (κ2) is 14.7. The van der Waals surface area contributed by atoms with Crippen molar-refractivity contribution in [1.82, 2.24) is 0 Å². The Morgan fingerprint density at radius 2 is 1.16 bits per heavy atom. The van der Waals surface area contributed by atoms with E-state index in [1.54, 1.807) is 0 Å². The molecule has 0 aliphatic carbocycles. The lowest BCUT2D eigenvalue weighted by Gasteiger charge is -2.03. The van der Waals surface area contributed by atoms with Crippen molar-refractivity contribution in [2.45, 2.75) is 86.5 Å². The Morgan fingerprint density at radius 3 is 1.60 bits per heavy atom. The first-order valence-electron chi connectivity index (χ1n) is 9.61. The summed E-state index contributed by atoms with van der Waals surface area (Å²) < 4.78 is 5.06. The molecule has 0 N–H and O–H groups in total. The smallest absolute Gasteiger partial charge is 0.305 e. The lowest BCUT2D eigenvalue weighted by atomic mass is 10.0. The van der Waals surface area contributed by atoms with E-state index >= 15 is 0 Å². The summed E-state index contributed by atoms with van der Waals surface area (Å²) in [5, 5.41) is 0. The zero-order valence-electron chi connectivity index (χ0n) is 17.3. The van der Waals surface area contributed by atoms with Gasteiger partial charge < -0.3 is 4.74 Å². The van der Waals surface area contributed by atoms with Crippen LogP contribution in [0.15, 0.2) is 46.6 Å². The third-order valence-corrected chi connectivity index (χ3v) is 4.12. The second-order valence-corrected chi connectivity index (χ2v) is 7.09. The van der Waals surface area contributed by atoms with Gasteiger partial charge in [0.05, 0.1) is 0 Å². The number of hydrogen-bond acceptors (Lipinski definition) is 2. The van der Waals surface area contributed by atoms with Crippen LogP contribution in [0.25, 0.3) is 0 Å². The van der Waals surface area contributed by atoms with Gasteiger partial charge >= 0.3 is 5.97 Å². The minimum atomic E-state index is -0.135. The summed E-state index contributed by atoms with van der Waals surface area (Å²) >= 11 is 0. The molecule has 0 bridgehead atoms. The zero-order chi connectivity index (χ0) is 19.1. The third kappa shape index (κ3) is 15.7. The fourth-order valence-corrected chi connectivity index (χ4v) is 2.37. The molecule has 0 saturated carbocycles. The van der Waals surface area contributed by atoms with Crippen LogP contribution in [0, 0.1) is 0 Å². The highest BCUT2D eigenvalue weighted by molar-refractivity contribution is 5.68. The van der Waals surface area contributed by atoms with Gasteiger partial charge in [-0.3, -0.25) is 4.79 Å². The van der Waals surface area contributed by atoms with Crippen molar-refractivity contribution < 1.29 is 9.53 Å². The van der Waals surface area contributed by atoms with E-state index < -0.39 is 0 Å². The molecule has 25 heavy (non-hydrogen) atoms. The van der Waals surface area contributed by atoms with Crippen LogP contribution in [0.3, 0.4) is 0 Å². The van der Waals surface area contributed by atoms with E-state index in [0.29, 0.717) is 13.0 Å². The molecule has 2 nitrogen and oxygen atoms in total. The number of rotatable bonds is 12. The lowest BCUT2D eigenvalue weighted by molar-refractivity contribution is -0.141. The molecule has 0 aromatic carbocycles. The molecule has 0 aliphatic rings. The molecule has 0 unspecified atom stereocenters. The molecule has 2 heteroatoms. The van der Waals surface area contributed by atoms with Gasteiger partial charge in [0, 0.05) is 6.42 Å². The fourth-order valence-electron chi connectivity index (χ4n) is 2.37. The predicted molar refractivity (Wildman–Crippen MR) is 110 cm³/mol. The van der Waals surface area contributed by atoms with E-state index in [1.165, 1.54) is 28.7 Å². The number of carbonyl (C=O) groups excluding carboxylic acids is 1. The quantitative estimate of drug-likeness (QED) is 0.278. The van der Waals surface area contributed by atoms with Crippen LogP contribution >= 0.6 is 0 Å². The fraction of sp³-hybridized carbons (Fsp3) is 0.609. The maximum atomic E-state index is 11.1. The van der Waals surface area contributed by atoms with Gasteiger partial charge in [0.25, 0.3) is 0 Å². The highest BCUT2D eigenvalue weighted by atomic mass is 16.5. The van der Waals surface area contributed by atoms with E-state index in [4.69, 9.17) is 4.74 Å². The van der Waals surface area contributed by atoms with E-state index in [-0.39, 0.29) is 5.97 Å². The van der Waals surface area contributed by atoms with Crippen molar-refractivity contribution in [2.24, 2.45) is 0 Å². The summed E-state index contributed by atoms with van der Waals surface area (Å²) in [6.07, 6.45) is 16.1. The van der Waals surface area contributed by atoms with Gasteiger partial charge in [0.1, 0.15) is 6.61 Å². The molecule has 0 aromatic heterocycles. The summed E-state index contributed by atoms with van der Waals surface area (Å²) in [7, 11) is 0. The molecule has 0 heterocycles. The molecule has 0 rings (SSSR count). The maximum Gasteiger partial charge on any atom is 0.305 e. The van der Waals surface area contributed by atoms with E-state index in [0.717, 1.165) is 32.1 Å². The summed E-state index contributed by atoms with van der Waals surface area (Å²) in [4.78, 5) is 11.1. The normalized spacial score (nSPS) is 13.0. The Bertz CT molecular complexity index is 500. The van der Waals surface area contributed by atoms with Crippen LogP contribution in [0.1, 0.15) is 86.5 Å². The topological polar surface area (TPSA) is 26.3 Å². The van der Waals surface area contributed by atoms with Gasteiger partial charge in [-0.25, -0.2) is 0 Å². The van der Waals surface area contributed by atoms with Crippen molar-refractivity contribution in [3.8, 4) is 0 Å². The summed E-state index contributed by atoms with van der Waals surface area (Å²) in [6.45, 7) is 13.1.